The molecule has 2 aromatic heterocycles. The van der Waals surface area contributed by atoms with E-state index in [-0.39, 0.29) is 5.56 Å². The number of rotatable bonds is 6. The number of fused-ring (bicyclic) bond motifs is 1. The van der Waals surface area contributed by atoms with Gasteiger partial charge < -0.3 is 14.7 Å². The third kappa shape index (κ3) is 3.64. The Hall–Kier alpha value is -2.93. The highest BCUT2D eigenvalue weighted by Crippen LogP contribution is 2.23. The quantitative estimate of drug-likeness (QED) is 0.722. The molecular weight excluding hydrogens is 344 g/mol. The van der Waals surface area contributed by atoms with E-state index in [9.17, 15) is 9.90 Å². The number of nitrogens with zero attached hydrogens (tertiary/aromatic N) is 4. The van der Waals surface area contributed by atoms with Crippen molar-refractivity contribution in [3.8, 4) is 17.1 Å². The van der Waals surface area contributed by atoms with Crippen molar-refractivity contribution in [3.05, 3.63) is 48.2 Å². The zero-order valence-corrected chi connectivity index (χ0v) is 15.2. The van der Waals surface area contributed by atoms with Crippen LogP contribution in [0.5, 0.6) is 5.88 Å². The van der Waals surface area contributed by atoms with Crippen molar-refractivity contribution in [1.29, 1.82) is 0 Å². The van der Waals surface area contributed by atoms with Gasteiger partial charge in [0.05, 0.1) is 24.1 Å². The van der Waals surface area contributed by atoms with E-state index < -0.39 is 5.97 Å². The zero-order valence-electron chi connectivity index (χ0n) is 15.2. The van der Waals surface area contributed by atoms with Gasteiger partial charge in [0.2, 0.25) is 5.88 Å². The van der Waals surface area contributed by atoms with E-state index in [0.717, 1.165) is 24.2 Å². The maximum atomic E-state index is 11.2. The molecule has 140 valence electrons. The Kier molecular flexibility index (Phi) is 4.77. The summed E-state index contributed by atoms with van der Waals surface area (Å²) in [5.74, 6) is -0.420. The van der Waals surface area contributed by atoms with E-state index in [1.807, 2.05) is 18.2 Å². The SMILES string of the molecule is CN1CCCC1CCOc1ccc2ncc(-c3cccc(C(=O)O)c3)n2n1. The number of hydrogen-bond acceptors (Lipinski definition) is 5. The summed E-state index contributed by atoms with van der Waals surface area (Å²) < 4.78 is 7.56. The molecule has 1 fully saturated rings. The number of likely N-dealkylation sites (tertiary alicyclic amines) is 1. The minimum absolute atomic E-state index is 0.232. The van der Waals surface area contributed by atoms with Crippen molar-refractivity contribution in [2.45, 2.75) is 25.3 Å². The Morgan fingerprint density at radius 1 is 1.33 bits per heavy atom. The van der Waals surface area contributed by atoms with Gasteiger partial charge in [0.15, 0.2) is 5.65 Å². The Labute approximate surface area is 157 Å². The van der Waals surface area contributed by atoms with Gasteiger partial charge >= 0.3 is 5.97 Å². The van der Waals surface area contributed by atoms with Crippen molar-refractivity contribution in [3.63, 3.8) is 0 Å². The van der Waals surface area contributed by atoms with Crippen molar-refractivity contribution < 1.29 is 14.6 Å². The minimum Gasteiger partial charge on any atom is -0.478 e. The first-order valence-corrected chi connectivity index (χ1v) is 9.13. The number of carboxylic acid groups (broad SMARTS) is 1. The van der Waals surface area contributed by atoms with E-state index in [0.29, 0.717) is 24.2 Å². The van der Waals surface area contributed by atoms with Crippen molar-refractivity contribution in [2.24, 2.45) is 0 Å². The van der Waals surface area contributed by atoms with Crippen LogP contribution in [-0.4, -0.2) is 56.8 Å². The predicted octanol–water partition coefficient (Wildman–Crippen LogP) is 2.96. The third-order valence-corrected chi connectivity index (χ3v) is 5.12. The van der Waals surface area contributed by atoms with Gasteiger partial charge in [0, 0.05) is 17.7 Å². The molecule has 3 aromatic rings. The number of benzene rings is 1. The molecule has 0 amide bonds. The lowest BCUT2D eigenvalue weighted by molar-refractivity contribution is 0.0697. The summed E-state index contributed by atoms with van der Waals surface area (Å²) in [6.45, 7) is 1.77. The van der Waals surface area contributed by atoms with Crippen LogP contribution < -0.4 is 4.74 Å². The molecule has 4 rings (SSSR count). The highest BCUT2D eigenvalue weighted by molar-refractivity contribution is 5.89. The van der Waals surface area contributed by atoms with Gasteiger partial charge in [-0.25, -0.2) is 14.3 Å². The van der Waals surface area contributed by atoms with E-state index in [1.165, 1.54) is 12.8 Å². The van der Waals surface area contributed by atoms with Crippen LogP contribution in [0.25, 0.3) is 16.9 Å². The van der Waals surface area contributed by atoms with Gasteiger partial charge in [0.25, 0.3) is 0 Å². The largest absolute Gasteiger partial charge is 0.478 e. The van der Waals surface area contributed by atoms with Gasteiger partial charge in [-0.1, -0.05) is 12.1 Å². The molecule has 1 aliphatic rings. The molecule has 1 N–H and O–H groups in total. The first-order valence-electron chi connectivity index (χ1n) is 9.13. The summed E-state index contributed by atoms with van der Waals surface area (Å²) in [6.07, 6.45) is 5.14. The molecule has 1 unspecified atom stereocenters. The maximum absolute atomic E-state index is 11.2. The standard InChI is InChI=1S/C20H22N4O3/c1-23-10-3-6-16(23)9-11-27-19-8-7-18-21-13-17(24(18)22-19)14-4-2-5-15(12-14)20(25)26/h2,4-5,7-8,12-13,16H,3,6,9-11H2,1H3,(H,25,26). The number of hydrogen-bond donors (Lipinski definition) is 1. The smallest absolute Gasteiger partial charge is 0.335 e. The van der Waals surface area contributed by atoms with E-state index in [2.05, 4.69) is 22.0 Å². The van der Waals surface area contributed by atoms with Crippen LogP contribution in [0, 0.1) is 0 Å². The monoisotopic (exact) mass is 366 g/mol. The van der Waals surface area contributed by atoms with Crippen LogP contribution in [0.15, 0.2) is 42.6 Å². The third-order valence-electron chi connectivity index (χ3n) is 5.12. The summed E-state index contributed by atoms with van der Waals surface area (Å²) in [5.41, 5.74) is 2.40. The molecule has 1 aliphatic heterocycles. The molecule has 0 bridgehead atoms. The van der Waals surface area contributed by atoms with Crippen molar-refractivity contribution in [2.75, 3.05) is 20.2 Å². The molecule has 0 saturated carbocycles. The van der Waals surface area contributed by atoms with Crippen molar-refractivity contribution >= 4 is 11.6 Å². The second-order valence-electron chi connectivity index (χ2n) is 6.88. The van der Waals surface area contributed by atoms with Gasteiger partial charge in [-0.2, -0.15) is 0 Å². The Bertz CT molecular complexity index is 969. The molecule has 0 spiro atoms. The van der Waals surface area contributed by atoms with Crippen molar-refractivity contribution in [1.82, 2.24) is 19.5 Å². The number of aromatic nitrogens is 3. The van der Waals surface area contributed by atoms with Crippen LogP contribution >= 0.6 is 0 Å². The lowest BCUT2D eigenvalue weighted by atomic mass is 10.1. The molecule has 0 aliphatic carbocycles. The molecule has 0 radical (unpaired) electrons. The molecule has 27 heavy (non-hydrogen) atoms. The number of carboxylic acids is 1. The van der Waals surface area contributed by atoms with Crippen LogP contribution in [0.1, 0.15) is 29.6 Å². The van der Waals surface area contributed by atoms with E-state index in [1.54, 1.807) is 28.9 Å². The molecule has 1 saturated heterocycles. The highest BCUT2D eigenvalue weighted by Gasteiger charge is 2.20. The normalized spacial score (nSPS) is 17.4. The molecule has 3 heterocycles. The fourth-order valence-electron chi connectivity index (χ4n) is 3.59. The van der Waals surface area contributed by atoms with E-state index in [4.69, 9.17) is 4.74 Å². The molecule has 1 aromatic carbocycles. The van der Waals surface area contributed by atoms with E-state index >= 15 is 0 Å². The summed E-state index contributed by atoms with van der Waals surface area (Å²) in [5, 5.41) is 13.7. The fraction of sp³-hybridized carbons (Fsp3) is 0.350. The number of carbonyl (C=O) groups is 1. The summed E-state index contributed by atoms with van der Waals surface area (Å²) >= 11 is 0. The first-order chi connectivity index (χ1) is 13.1. The summed E-state index contributed by atoms with van der Waals surface area (Å²) in [7, 11) is 2.16. The molecule has 7 nitrogen and oxygen atoms in total. The Balaban J connectivity index is 1.54. The van der Waals surface area contributed by atoms with Gasteiger partial charge in [-0.15, -0.1) is 5.10 Å². The summed E-state index contributed by atoms with van der Waals surface area (Å²) in [4.78, 5) is 18.0. The number of ether oxygens (including phenoxy) is 1. The second kappa shape index (κ2) is 7.36. The van der Waals surface area contributed by atoms with Gasteiger partial charge in [-0.3, -0.25) is 0 Å². The summed E-state index contributed by atoms with van der Waals surface area (Å²) in [6, 6.07) is 11.0. The van der Waals surface area contributed by atoms with Gasteiger partial charge in [0.1, 0.15) is 0 Å². The highest BCUT2D eigenvalue weighted by atomic mass is 16.5. The topological polar surface area (TPSA) is 80.0 Å². The van der Waals surface area contributed by atoms with Gasteiger partial charge in [-0.05, 0) is 51.1 Å². The average molecular weight is 366 g/mol. The lowest BCUT2D eigenvalue weighted by Crippen LogP contribution is -2.26. The fourth-order valence-corrected chi connectivity index (χ4v) is 3.59. The molecule has 7 heteroatoms. The zero-order chi connectivity index (χ0) is 18.8. The maximum Gasteiger partial charge on any atom is 0.335 e. The van der Waals surface area contributed by atoms with Crippen LogP contribution in [0.4, 0.5) is 0 Å². The molecule has 1 atom stereocenters. The predicted molar refractivity (Wildman–Crippen MR) is 101 cm³/mol. The lowest BCUT2D eigenvalue weighted by Gasteiger charge is -2.19. The second-order valence-corrected chi connectivity index (χ2v) is 6.88. The molecular formula is C20H22N4O3. The van der Waals surface area contributed by atoms with Crippen LogP contribution in [-0.2, 0) is 0 Å². The first kappa shape index (κ1) is 17.5. The Morgan fingerprint density at radius 2 is 2.22 bits per heavy atom. The Morgan fingerprint density at radius 3 is 3.00 bits per heavy atom. The average Bonchev–Trinajstić information content (AvgIpc) is 3.28. The minimum atomic E-state index is -0.959. The van der Waals surface area contributed by atoms with Crippen LogP contribution in [0.3, 0.4) is 0 Å². The number of aromatic carboxylic acids is 1. The van der Waals surface area contributed by atoms with Crippen LogP contribution in [0.2, 0.25) is 0 Å². The number of imidazole rings is 1.